The molecule has 0 aliphatic heterocycles. The number of non-ortho nitro benzene ring substituents is 1. The molecule has 0 amide bonds. The Bertz CT molecular complexity index is 1100. The number of nitro groups is 1. The zero-order valence-corrected chi connectivity index (χ0v) is 14.0. The lowest BCUT2D eigenvalue weighted by atomic mass is 10.2. The first-order chi connectivity index (χ1) is 13.2. The van der Waals surface area contributed by atoms with Crippen LogP contribution in [0.15, 0.2) is 73.1 Å². The van der Waals surface area contributed by atoms with Gasteiger partial charge in [0.2, 0.25) is 0 Å². The predicted octanol–water partition coefficient (Wildman–Crippen LogP) is 4.87. The van der Waals surface area contributed by atoms with E-state index in [1.165, 1.54) is 18.5 Å². The highest BCUT2D eigenvalue weighted by Crippen LogP contribution is 2.28. The highest BCUT2D eigenvalue weighted by Gasteiger charge is 2.11. The van der Waals surface area contributed by atoms with Crippen molar-refractivity contribution in [3.8, 4) is 11.5 Å². The van der Waals surface area contributed by atoms with E-state index < -0.39 is 4.92 Å². The molecular formula is C20H13N4O3. The lowest BCUT2D eigenvalue weighted by Gasteiger charge is -2.10. The Morgan fingerprint density at radius 3 is 2.48 bits per heavy atom. The molecule has 0 saturated heterocycles. The van der Waals surface area contributed by atoms with Gasteiger partial charge in [-0.15, -0.1) is 0 Å². The van der Waals surface area contributed by atoms with Gasteiger partial charge in [-0.1, -0.05) is 18.2 Å². The summed E-state index contributed by atoms with van der Waals surface area (Å²) < 4.78 is 5.76. The van der Waals surface area contributed by atoms with Crippen LogP contribution in [0.25, 0.3) is 10.9 Å². The molecule has 4 rings (SSSR count). The van der Waals surface area contributed by atoms with Gasteiger partial charge in [-0.05, 0) is 42.5 Å². The van der Waals surface area contributed by atoms with Crippen LogP contribution in [-0.4, -0.2) is 14.9 Å². The second-order valence-electron chi connectivity index (χ2n) is 5.66. The van der Waals surface area contributed by atoms with Crippen LogP contribution < -0.4 is 10.1 Å². The average Bonchev–Trinajstić information content (AvgIpc) is 2.70. The van der Waals surface area contributed by atoms with Gasteiger partial charge in [0.05, 0.1) is 16.5 Å². The van der Waals surface area contributed by atoms with E-state index in [0.717, 1.165) is 11.4 Å². The molecule has 131 valence electrons. The first-order valence-corrected chi connectivity index (χ1v) is 8.10. The first kappa shape index (κ1) is 16.5. The molecule has 1 radical (unpaired) electrons. The summed E-state index contributed by atoms with van der Waals surface area (Å²) in [7, 11) is 0. The van der Waals surface area contributed by atoms with Gasteiger partial charge in [-0.3, -0.25) is 10.1 Å². The minimum absolute atomic E-state index is 0.132. The summed E-state index contributed by atoms with van der Waals surface area (Å²) in [4.78, 5) is 18.8. The van der Waals surface area contributed by atoms with Gasteiger partial charge in [0.25, 0.3) is 5.69 Å². The number of para-hydroxylation sites is 1. The summed E-state index contributed by atoms with van der Waals surface area (Å²) in [6.45, 7) is 0. The van der Waals surface area contributed by atoms with E-state index in [1.54, 1.807) is 0 Å². The third-order valence-corrected chi connectivity index (χ3v) is 3.85. The van der Waals surface area contributed by atoms with Crippen molar-refractivity contribution in [3.05, 3.63) is 89.2 Å². The summed E-state index contributed by atoms with van der Waals surface area (Å²) in [6, 6.07) is 22.3. The van der Waals surface area contributed by atoms with Crippen molar-refractivity contribution in [2.75, 3.05) is 5.32 Å². The van der Waals surface area contributed by atoms with Crippen LogP contribution in [0, 0.1) is 16.2 Å². The van der Waals surface area contributed by atoms with Crippen LogP contribution in [0.3, 0.4) is 0 Å². The first-order valence-electron chi connectivity index (χ1n) is 8.10. The lowest BCUT2D eigenvalue weighted by Crippen LogP contribution is -1.97. The molecule has 4 aromatic rings. The van der Waals surface area contributed by atoms with Gasteiger partial charge in [-0.25, -0.2) is 9.97 Å². The molecule has 0 aliphatic rings. The summed E-state index contributed by atoms with van der Waals surface area (Å²) in [5, 5.41) is 14.7. The summed E-state index contributed by atoms with van der Waals surface area (Å²) in [6.07, 6.45) is 1.40. The molecule has 0 aliphatic carbocycles. The van der Waals surface area contributed by atoms with Crippen molar-refractivity contribution in [2.45, 2.75) is 0 Å². The molecule has 0 bridgehead atoms. The van der Waals surface area contributed by atoms with Crippen molar-refractivity contribution >= 4 is 28.1 Å². The largest absolute Gasteiger partial charge is 0.457 e. The van der Waals surface area contributed by atoms with Gasteiger partial charge in [-0.2, -0.15) is 0 Å². The lowest BCUT2D eigenvalue weighted by molar-refractivity contribution is -0.385. The van der Waals surface area contributed by atoms with Gasteiger partial charge >= 0.3 is 0 Å². The quantitative estimate of drug-likeness (QED) is 0.405. The topological polar surface area (TPSA) is 90.2 Å². The van der Waals surface area contributed by atoms with Crippen molar-refractivity contribution in [1.82, 2.24) is 9.97 Å². The fourth-order valence-electron chi connectivity index (χ4n) is 2.56. The number of nitrogens with one attached hydrogen (secondary N) is 1. The Morgan fingerprint density at radius 1 is 1.00 bits per heavy atom. The van der Waals surface area contributed by atoms with Crippen LogP contribution in [0.5, 0.6) is 11.5 Å². The van der Waals surface area contributed by atoms with Crippen LogP contribution in [-0.2, 0) is 0 Å². The molecule has 1 heterocycles. The smallest absolute Gasteiger partial charge is 0.278 e. The number of aromatic nitrogens is 2. The van der Waals surface area contributed by atoms with Crippen molar-refractivity contribution < 1.29 is 9.66 Å². The average molecular weight is 357 g/mol. The Morgan fingerprint density at radius 2 is 1.74 bits per heavy atom. The Hall–Kier alpha value is -4.00. The molecule has 0 spiro atoms. The zero-order valence-electron chi connectivity index (χ0n) is 14.0. The summed E-state index contributed by atoms with van der Waals surface area (Å²) in [5.41, 5.74) is 1.21. The number of nitrogens with zero attached hydrogens (tertiary/aromatic N) is 3. The number of nitro benzene ring substituents is 1. The van der Waals surface area contributed by atoms with Gasteiger partial charge in [0.15, 0.2) is 0 Å². The number of ether oxygens (including phenoxy) is 1. The number of hydrogen-bond donors (Lipinski definition) is 1. The minimum Gasteiger partial charge on any atom is -0.457 e. The minimum atomic E-state index is -0.494. The predicted molar refractivity (Wildman–Crippen MR) is 101 cm³/mol. The maximum Gasteiger partial charge on any atom is 0.278 e. The molecule has 0 fully saturated rings. The van der Waals surface area contributed by atoms with E-state index in [9.17, 15) is 10.1 Å². The van der Waals surface area contributed by atoms with E-state index in [-0.39, 0.29) is 5.69 Å². The molecule has 0 saturated carbocycles. The van der Waals surface area contributed by atoms with Crippen molar-refractivity contribution in [3.63, 3.8) is 0 Å². The third kappa shape index (κ3) is 3.67. The molecular weight excluding hydrogens is 344 g/mol. The number of rotatable bonds is 5. The van der Waals surface area contributed by atoms with Crippen molar-refractivity contribution in [2.24, 2.45) is 0 Å². The molecule has 3 aromatic carbocycles. The number of benzene rings is 3. The third-order valence-electron chi connectivity index (χ3n) is 3.85. The van der Waals surface area contributed by atoms with Crippen molar-refractivity contribution in [1.29, 1.82) is 0 Å². The molecule has 1 aromatic heterocycles. The number of anilines is 2. The van der Waals surface area contributed by atoms with Gasteiger partial charge in [0.1, 0.15) is 23.6 Å². The fraction of sp³-hybridized carbons (Fsp3) is 0. The van der Waals surface area contributed by atoms with E-state index in [2.05, 4.69) is 21.4 Å². The number of fused-ring (bicyclic) bond motifs is 1. The maximum atomic E-state index is 11.0. The molecule has 0 unspecified atom stereocenters. The Labute approximate surface area is 154 Å². The molecule has 7 heteroatoms. The second kappa shape index (κ2) is 7.09. The van der Waals surface area contributed by atoms with Gasteiger partial charge in [0, 0.05) is 17.1 Å². The van der Waals surface area contributed by atoms with E-state index in [4.69, 9.17) is 4.74 Å². The highest BCUT2D eigenvalue weighted by atomic mass is 16.6. The Balaban J connectivity index is 1.58. The van der Waals surface area contributed by atoms with E-state index in [0.29, 0.717) is 22.5 Å². The summed E-state index contributed by atoms with van der Waals surface area (Å²) in [5.74, 6) is 1.93. The second-order valence-corrected chi connectivity index (χ2v) is 5.66. The van der Waals surface area contributed by atoms with Gasteiger partial charge < -0.3 is 10.1 Å². The normalized spacial score (nSPS) is 10.5. The SMILES string of the molecule is O=[N+]([O-])c1[c]cc2ncnc(Nc3ccc(Oc4ccccc4)cc3)c2c1. The molecule has 27 heavy (non-hydrogen) atoms. The van der Waals surface area contributed by atoms with Crippen LogP contribution in [0.4, 0.5) is 17.2 Å². The van der Waals surface area contributed by atoms with E-state index >= 15 is 0 Å². The van der Waals surface area contributed by atoms with E-state index in [1.807, 2.05) is 54.6 Å². The number of hydrogen-bond acceptors (Lipinski definition) is 6. The zero-order chi connectivity index (χ0) is 18.6. The van der Waals surface area contributed by atoms with Crippen LogP contribution >= 0.6 is 0 Å². The Kier molecular flexibility index (Phi) is 4.32. The molecule has 0 atom stereocenters. The summed E-state index contributed by atoms with van der Waals surface area (Å²) >= 11 is 0. The van der Waals surface area contributed by atoms with Crippen LogP contribution in [0.2, 0.25) is 0 Å². The maximum absolute atomic E-state index is 11.0. The molecule has 7 nitrogen and oxygen atoms in total. The standard InChI is InChI=1S/C20H13N4O3/c25-24(26)15-8-11-19-18(12-15)20(22-13-21-19)23-14-6-9-17(10-7-14)27-16-4-2-1-3-5-16/h1-7,9-13H,(H,21,22,23). The molecule has 1 N–H and O–H groups in total. The van der Waals surface area contributed by atoms with Crippen LogP contribution in [0.1, 0.15) is 0 Å². The fourth-order valence-corrected chi connectivity index (χ4v) is 2.56. The monoisotopic (exact) mass is 357 g/mol. The highest BCUT2D eigenvalue weighted by molar-refractivity contribution is 5.92.